The molecular formula is C24H27FN6O3. The van der Waals surface area contributed by atoms with Gasteiger partial charge in [0, 0.05) is 37.2 Å². The molecule has 1 aliphatic heterocycles. The van der Waals surface area contributed by atoms with Crippen LogP contribution in [-0.2, 0) is 4.74 Å². The van der Waals surface area contributed by atoms with Gasteiger partial charge in [0.2, 0.25) is 0 Å². The van der Waals surface area contributed by atoms with Crippen molar-refractivity contribution in [2.24, 2.45) is 0 Å². The fraction of sp³-hybridized carbons (Fsp3) is 0.417. The van der Waals surface area contributed by atoms with Gasteiger partial charge < -0.3 is 20.5 Å². The molecule has 0 saturated carbocycles. The summed E-state index contributed by atoms with van der Waals surface area (Å²) in [6, 6.07) is 7.46. The van der Waals surface area contributed by atoms with E-state index in [9.17, 15) is 14.3 Å². The Hall–Kier alpha value is -3.55. The minimum Gasteiger partial charge on any atom is -0.387 e. The molecule has 0 aromatic carbocycles. The van der Waals surface area contributed by atoms with Gasteiger partial charge in [-0.25, -0.2) is 8.91 Å². The first kappa shape index (κ1) is 23.6. The van der Waals surface area contributed by atoms with Gasteiger partial charge in [-0.2, -0.15) is 10.4 Å². The van der Waals surface area contributed by atoms with Crippen LogP contribution in [0.25, 0.3) is 16.8 Å². The highest BCUT2D eigenvalue weighted by Gasteiger charge is 2.28. The molecule has 178 valence electrons. The first-order valence-electron chi connectivity index (χ1n) is 11.1. The summed E-state index contributed by atoms with van der Waals surface area (Å²) >= 11 is 0. The van der Waals surface area contributed by atoms with Crippen molar-refractivity contribution in [3.63, 3.8) is 0 Å². The van der Waals surface area contributed by atoms with Crippen LogP contribution in [0.3, 0.4) is 0 Å². The molecule has 1 fully saturated rings. The summed E-state index contributed by atoms with van der Waals surface area (Å²) in [6.07, 6.45) is 4.68. The summed E-state index contributed by atoms with van der Waals surface area (Å²) in [5.74, 6) is -0.490. The highest BCUT2D eigenvalue weighted by molar-refractivity contribution is 6.03. The molecule has 3 aromatic rings. The second kappa shape index (κ2) is 9.75. The maximum Gasteiger partial charge on any atom is 0.255 e. The molecule has 0 spiro atoms. The molecule has 9 nitrogen and oxygen atoms in total. The van der Waals surface area contributed by atoms with Crippen LogP contribution >= 0.6 is 0 Å². The largest absolute Gasteiger partial charge is 0.387 e. The number of ether oxygens (including phenoxy) is 1. The van der Waals surface area contributed by atoms with Crippen molar-refractivity contribution < 1.29 is 19.0 Å². The molecule has 1 atom stereocenters. The van der Waals surface area contributed by atoms with Crippen molar-refractivity contribution in [3.8, 4) is 17.3 Å². The molecule has 1 aliphatic rings. The number of carbonyl (C=O) groups excluding carboxylic acids is 1. The van der Waals surface area contributed by atoms with E-state index in [0.717, 1.165) is 18.4 Å². The lowest BCUT2D eigenvalue weighted by molar-refractivity contribution is -0.00177. The van der Waals surface area contributed by atoms with E-state index in [1.165, 1.54) is 26.2 Å². The molecule has 0 radical (unpaired) electrons. The van der Waals surface area contributed by atoms with Gasteiger partial charge >= 0.3 is 0 Å². The highest BCUT2D eigenvalue weighted by Crippen LogP contribution is 2.29. The van der Waals surface area contributed by atoms with Crippen molar-refractivity contribution in [2.45, 2.75) is 44.5 Å². The number of halogens is 1. The number of amides is 1. The first-order valence-corrected chi connectivity index (χ1v) is 11.1. The number of aromatic nitrogens is 3. The summed E-state index contributed by atoms with van der Waals surface area (Å²) in [5, 5.41) is 29.3. The molecule has 10 heteroatoms. The third-order valence-electron chi connectivity index (χ3n) is 5.85. The molecule has 1 amide bonds. The van der Waals surface area contributed by atoms with Crippen LogP contribution in [0.15, 0.2) is 36.8 Å². The Labute approximate surface area is 196 Å². The average Bonchev–Trinajstić information content (AvgIpc) is 3.27. The van der Waals surface area contributed by atoms with Gasteiger partial charge in [-0.3, -0.25) is 9.78 Å². The molecule has 4 heterocycles. The number of fused-ring (bicyclic) bond motifs is 1. The zero-order chi connectivity index (χ0) is 24.3. The van der Waals surface area contributed by atoms with Crippen molar-refractivity contribution in [3.05, 3.63) is 47.9 Å². The molecule has 4 rings (SSSR count). The van der Waals surface area contributed by atoms with Crippen LogP contribution < -0.4 is 10.6 Å². The minimum absolute atomic E-state index is 0.100. The van der Waals surface area contributed by atoms with E-state index < -0.39 is 17.7 Å². The number of nitrogens with one attached hydrogen (secondary N) is 2. The quantitative estimate of drug-likeness (QED) is 0.489. The number of nitriles is 1. The van der Waals surface area contributed by atoms with Gasteiger partial charge in [0.25, 0.3) is 5.91 Å². The SMILES string of the molecule is CC(C)(O)C(F)CNC(=O)c1cnn2cc(-c3ccc(C#N)cn3)cc2c1NC1CCOCC1. The Morgan fingerprint density at radius 2 is 2.15 bits per heavy atom. The second-order valence-corrected chi connectivity index (χ2v) is 8.90. The predicted octanol–water partition coefficient (Wildman–Crippen LogP) is 2.70. The molecule has 0 aliphatic carbocycles. The number of carbonyl (C=O) groups is 1. The van der Waals surface area contributed by atoms with Gasteiger partial charge in [0.15, 0.2) is 0 Å². The Bertz CT molecular complexity index is 1210. The van der Waals surface area contributed by atoms with Crippen LogP contribution in [0, 0.1) is 11.3 Å². The van der Waals surface area contributed by atoms with E-state index >= 15 is 0 Å². The molecule has 3 N–H and O–H groups in total. The number of anilines is 1. The van der Waals surface area contributed by atoms with Crippen molar-refractivity contribution in [1.82, 2.24) is 19.9 Å². The van der Waals surface area contributed by atoms with Gasteiger partial charge in [0.05, 0.1) is 46.4 Å². The average molecular weight is 467 g/mol. The van der Waals surface area contributed by atoms with E-state index in [2.05, 4.69) is 20.7 Å². The summed E-state index contributed by atoms with van der Waals surface area (Å²) in [7, 11) is 0. The zero-order valence-corrected chi connectivity index (χ0v) is 19.1. The van der Waals surface area contributed by atoms with Crippen LogP contribution in [0.2, 0.25) is 0 Å². The normalized spacial score (nSPS) is 15.6. The predicted molar refractivity (Wildman–Crippen MR) is 124 cm³/mol. The monoisotopic (exact) mass is 466 g/mol. The fourth-order valence-electron chi connectivity index (χ4n) is 3.72. The minimum atomic E-state index is -1.62. The summed E-state index contributed by atoms with van der Waals surface area (Å²) < 4.78 is 21.3. The summed E-state index contributed by atoms with van der Waals surface area (Å²) in [5.41, 5.74) is 1.86. The lowest BCUT2D eigenvalue weighted by Gasteiger charge is -2.26. The van der Waals surface area contributed by atoms with Crippen molar-refractivity contribution in [1.29, 1.82) is 5.26 Å². The Morgan fingerprint density at radius 3 is 2.79 bits per heavy atom. The molecule has 34 heavy (non-hydrogen) atoms. The zero-order valence-electron chi connectivity index (χ0n) is 19.1. The molecular weight excluding hydrogens is 439 g/mol. The molecule has 3 aromatic heterocycles. The molecule has 1 saturated heterocycles. The van der Waals surface area contributed by atoms with E-state index in [1.54, 1.807) is 22.8 Å². The molecule has 0 bridgehead atoms. The number of hydrogen-bond donors (Lipinski definition) is 3. The smallest absolute Gasteiger partial charge is 0.255 e. The first-order chi connectivity index (χ1) is 16.3. The number of aliphatic hydroxyl groups is 1. The summed E-state index contributed by atoms with van der Waals surface area (Å²) in [6.45, 7) is 3.63. The van der Waals surface area contributed by atoms with Gasteiger partial charge in [0.1, 0.15) is 12.2 Å². The van der Waals surface area contributed by atoms with E-state index in [0.29, 0.717) is 35.7 Å². The van der Waals surface area contributed by atoms with Crippen LogP contribution in [0.5, 0.6) is 0 Å². The van der Waals surface area contributed by atoms with E-state index in [-0.39, 0.29) is 18.2 Å². The Balaban J connectivity index is 1.69. The number of nitrogens with zero attached hydrogens (tertiary/aromatic N) is 4. The van der Waals surface area contributed by atoms with Gasteiger partial charge in [-0.15, -0.1) is 0 Å². The maximum atomic E-state index is 14.2. The van der Waals surface area contributed by atoms with E-state index in [1.807, 2.05) is 12.1 Å². The van der Waals surface area contributed by atoms with Gasteiger partial charge in [-0.05, 0) is 44.9 Å². The highest BCUT2D eigenvalue weighted by atomic mass is 19.1. The maximum absolute atomic E-state index is 14.2. The van der Waals surface area contributed by atoms with Crippen LogP contribution in [0.4, 0.5) is 10.1 Å². The third-order valence-corrected chi connectivity index (χ3v) is 5.85. The topological polar surface area (TPSA) is 125 Å². The number of alkyl halides is 1. The van der Waals surface area contributed by atoms with Gasteiger partial charge in [-0.1, -0.05) is 0 Å². The fourth-order valence-corrected chi connectivity index (χ4v) is 3.72. The third kappa shape index (κ3) is 5.16. The van der Waals surface area contributed by atoms with Crippen LogP contribution in [-0.4, -0.2) is 63.2 Å². The van der Waals surface area contributed by atoms with E-state index in [4.69, 9.17) is 10.00 Å². The lowest BCUT2D eigenvalue weighted by atomic mass is 10.0. The van der Waals surface area contributed by atoms with Crippen molar-refractivity contribution in [2.75, 3.05) is 25.1 Å². The van der Waals surface area contributed by atoms with Crippen molar-refractivity contribution >= 4 is 17.1 Å². The number of rotatable bonds is 7. The Kier molecular flexibility index (Phi) is 6.77. The number of pyridine rings is 1. The van der Waals surface area contributed by atoms with Crippen LogP contribution in [0.1, 0.15) is 42.6 Å². The lowest BCUT2D eigenvalue weighted by Crippen LogP contribution is -2.42. The summed E-state index contributed by atoms with van der Waals surface area (Å²) in [4.78, 5) is 17.4. The molecule has 1 unspecified atom stereocenters. The second-order valence-electron chi connectivity index (χ2n) is 8.90. The standard InChI is InChI=1S/C24H27FN6O3/c1-24(2,33)21(25)13-28-23(32)18-12-29-31-14-16(19-4-3-15(10-26)11-27-19)9-20(31)22(18)30-17-5-7-34-8-6-17/h3-4,9,11-12,14,17,21,30,33H,5-8,13H2,1-2H3,(H,28,32). The Morgan fingerprint density at radius 1 is 1.38 bits per heavy atom. The number of hydrogen-bond acceptors (Lipinski definition) is 7.